The Morgan fingerprint density at radius 2 is 2.38 bits per heavy atom. The van der Waals surface area contributed by atoms with Crippen LogP contribution in [0.15, 0.2) is 0 Å². The Hall–Kier alpha value is -1.14. The monoisotopic (exact) mass is 229 g/mol. The van der Waals surface area contributed by atoms with Gasteiger partial charge in [0.1, 0.15) is 6.04 Å². The van der Waals surface area contributed by atoms with Gasteiger partial charge in [-0.1, -0.05) is 6.92 Å². The molecule has 1 saturated heterocycles. The van der Waals surface area contributed by atoms with Crippen molar-refractivity contribution in [3.63, 3.8) is 0 Å². The van der Waals surface area contributed by atoms with Crippen LogP contribution >= 0.6 is 0 Å². The molecular weight excluding hydrogens is 210 g/mol. The van der Waals surface area contributed by atoms with Crippen molar-refractivity contribution in [2.45, 2.75) is 31.9 Å². The molecule has 0 saturated carbocycles. The van der Waals surface area contributed by atoms with Gasteiger partial charge in [-0.05, 0) is 13.3 Å². The minimum atomic E-state index is -0.881. The highest BCUT2D eigenvalue weighted by Crippen LogP contribution is 2.05. The number of rotatable bonds is 4. The van der Waals surface area contributed by atoms with Crippen molar-refractivity contribution < 1.29 is 14.7 Å². The summed E-state index contributed by atoms with van der Waals surface area (Å²) in [5.41, 5.74) is -0.881. The van der Waals surface area contributed by atoms with E-state index in [2.05, 4.69) is 16.0 Å². The number of amides is 2. The molecule has 1 aliphatic rings. The lowest BCUT2D eigenvalue weighted by atomic mass is 10.0. The topological polar surface area (TPSA) is 90.5 Å². The van der Waals surface area contributed by atoms with Gasteiger partial charge >= 0.3 is 0 Å². The van der Waals surface area contributed by atoms with Crippen molar-refractivity contribution >= 4 is 11.8 Å². The summed E-state index contributed by atoms with van der Waals surface area (Å²) in [5, 5.41) is 17.8. The molecule has 1 rings (SSSR count). The molecule has 0 aromatic rings. The Bertz CT molecular complexity index is 268. The number of nitrogens with one attached hydrogen (secondary N) is 3. The van der Waals surface area contributed by atoms with Crippen molar-refractivity contribution in [3.8, 4) is 0 Å². The van der Waals surface area contributed by atoms with E-state index in [9.17, 15) is 14.7 Å². The number of piperazine rings is 1. The van der Waals surface area contributed by atoms with Crippen LogP contribution in [0.1, 0.15) is 20.3 Å². The second-order valence-corrected chi connectivity index (χ2v) is 4.31. The Labute approximate surface area is 94.8 Å². The summed E-state index contributed by atoms with van der Waals surface area (Å²) >= 11 is 0. The Balaban J connectivity index is 2.33. The van der Waals surface area contributed by atoms with Crippen molar-refractivity contribution in [3.05, 3.63) is 0 Å². The third-order valence-electron chi connectivity index (χ3n) is 2.73. The van der Waals surface area contributed by atoms with E-state index in [1.807, 2.05) is 6.92 Å². The molecule has 0 spiro atoms. The van der Waals surface area contributed by atoms with E-state index in [-0.39, 0.29) is 24.9 Å². The van der Waals surface area contributed by atoms with Crippen LogP contribution in [0, 0.1) is 0 Å². The lowest BCUT2D eigenvalue weighted by molar-refractivity contribution is -0.127. The molecule has 4 N–H and O–H groups in total. The first-order valence-electron chi connectivity index (χ1n) is 5.45. The molecule has 2 unspecified atom stereocenters. The maximum atomic E-state index is 11.6. The predicted molar refractivity (Wildman–Crippen MR) is 58.7 cm³/mol. The first-order chi connectivity index (χ1) is 7.44. The van der Waals surface area contributed by atoms with E-state index in [4.69, 9.17) is 0 Å². The summed E-state index contributed by atoms with van der Waals surface area (Å²) in [6.07, 6.45) is 0.572. The van der Waals surface area contributed by atoms with Crippen LogP contribution in [-0.4, -0.2) is 48.2 Å². The summed E-state index contributed by atoms with van der Waals surface area (Å²) in [7, 11) is 0. The average Bonchev–Trinajstić information content (AvgIpc) is 2.27. The van der Waals surface area contributed by atoms with Gasteiger partial charge in [0, 0.05) is 13.1 Å². The molecule has 0 bridgehead atoms. The van der Waals surface area contributed by atoms with E-state index in [0.717, 1.165) is 0 Å². The summed E-state index contributed by atoms with van der Waals surface area (Å²) < 4.78 is 0. The Kier molecular flexibility index (Phi) is 4.26. The van der Waals surface area contributed by atoms with Crippen molar-refractivity contribution in [2.75, 3.05) is 19.6 Å². The molecule has 1 fully saturated rings. The second kappa shape index (κ2) is 5.27. The van der Waals surface area contributed by atoms with E-state index >= 15 is 0 Å². The zero-order chi connectivity index (χ0) is 12.2. The number of hydrogen-bond acceptors (Lipinski definition) is 4. The van der Waals surface area contributed by atoms with E-state index in [0.29, 0.717) is 13.0 Å². The molecule has 2 atom stereocenters. The second-order valence-electron chi connectivity index (χ2n) is 4.31. The van der Waals surface area contributed by atoms with Crippen LogP contribution in [0.3, 0.4) is 0 Å². The van der Waals surface area contributed by atoms with E-state index < -0.39 is 11.6 Å². The zero-order valence-electron chi connectivity index (χ0n) is 9.67. The number of aliphatic hydroxyl groups is 1. The van der Waals surface area contributed by atoms with Gasteiger partial charge in [-0.15, -0.1) is 0 Å². The molecule has 0 radical (unpaired) electrons. The first kappa shape index (κ1) is 12.9. The van der Waals surface area contributed by atoms with Crippen LogP contribution in [0.2, 0.25) is 0 Å². The average molecular weight is 229 g/mol. The fourth-order valence-corrected chi connectivity index (χ4v) is 1.28. The van der Waals surface area contributed by atoms with E-state index in [1.165, 1.54) is 0 Å². The summed E-state index contributed by atoms with van der Waals surface area (Å²) in [5.74, 6) is -0.307. The highest BCUT2D eigenvalue weighted by Gasteiger charge is 2.25. The van der Waals surface area contributed by atoms with Crippen molar-refractivity contribution in [2.24, 2.45) is 0 Å². The zero-order valence-corrected chi connectivity index (χ0v) is 9.67. The lowest BCUT2D eigenvalue weighted by Crippen LogP contribution is -2.59. The molecular formula is C10H19N3O3. The minimum Gasteiger partial charge on any atom is -0.388 e. The Morgan fingerprint density at radius 1 is 1.69 bits per heavy atom. The highest BCUT2D eigenvalue weighted by atomic mass is 16.3. The lowest BCUT2D eigenvalue weighted by Gasteiger charge is -2.26. The van der Waals surface area contributed by atoms with Gasteiger partial charge in [0.25, 0.3) is 0 Å². The third kappa shape index (κ3) is 3.79. The maximum absolute atomic E-state index is 11.6. The normalized spacial score (nSPS) is 24.4. The molecule has 16 heavy (non-hydrogen) atoms. The number of carbonyl (C=O) groups is 2. The highest BCUT2D eigenvalue weighted by molar-refractivity contribution is 5.86. The van der Waals surface area contributed by atoms with Gasteiger partial charge in [-0.3, -0.25) is 14.9 Å². The number of hydrogen-bond donors (Lipinski definition) is 4. The van der Waals surface area contributed by atoms with E-state index in [1.54, 1.807) is 6.92 Å². The number of carbonyl (C=O) groups excluding carboxylic acids is 2. The van der Waals surface area contributed by atoms with Crippen LogP contribution in [-0.2, 0) is 9.59 Å². The van der Waals surface area contributed by atoms with Crippen molar-refractivity contribution in [1.82, 2.24) is 16.0 Å². The van der Waals surface area contributed by atoms with Crippen LogP contribution < -0.4 is 16.0 Å². The molecule has 1 heterocycles. The smallest absolute Gasteiger partial charge is 0.239 e. The van der Waals surface area contributed by atoms with Gasteiger partial charge in [-0.2, -0.15) is 0 Å². The molecule has 0 aromatic carbocycles. The summed E-state index contributed by atoms with van der Waals surface area (Å²) in [6, 6.07) is -0.412. The molecule has 6 nitrogen and oxygen atoms in total. The summed E-state index contributed by atoms with van der Waals surface area (Å²) in [4.78, 5) is 22.5. The molecule has 2 amide bonds. The molecule has 1 aliphatic heterocycles. The van der Waals surface area contributed by atoms with Crippen LogP contribution in [0.4, 0.5) is 0 Å². The van der Waals surface area contributed by atoms with Gasteiger partial charge in [0.05, 0.1) is 12.1 Å². The standard InChI is InChI=1S/C10H19N3O3/c1-3-10(2,16)6-13-9(15)7-4-12-8(14)5-11-7/h7,11,16H,3-6H2,1-2H3,(H,12,14)(H,13,15). The first-order valence-corrected chi connectivity index (χ1v) is 5.45. The Morgan fingerprint density at radius 3 is 2.88 bits per heavy atom. The summed E-state index contributed by atoms with van der Waals surface area (Å²) in [6.45, 7) is 4.18. The maximum Gasteiger partial charge on any atom is 0.239 e. The van der Waals surface area contributed by atoms with Crippen molar-refractivity contribution in [1.29, 1.82) is 0 Å². The largest absolute Gasteiger partial charge is 0.388 e. The minimum absolute atomic E-state index is 0.107. The third-order valence-corrected chi connectivity index (χ3v) is 2.73. The van der Waals surface area contributed by atoms with Gasteiger partial charge in [-0.25, -0.2) is 0 Å². The molecule has 6 heteroatoms. The fraction of sp³-hybridized carbons (Fsp3) is 0.800. The molecule has 0 aromatic heterocycles. The van der Waals surface area contributed by atoms with Gasteiger partial charge < -0.3 is 15.7 Å². The van der Waals surface area contributed by atoms with Gasteiger partial charge in [0.2, 0.25) is 11.8 Å². The van der Waals surface area contributed by atoms with Crippen LogP contribution in [0.5, 0.6) is 0 Å². The fourth-order valence-electron chi connectivity index (χ4n) is 1.28. The van der Waals surface area contributed by atoms with Crippen LogP contribution in [0.25, 0.3) is 0 Å². The molecule has 92 valence electrons. The SMILES string of the molecule is CCC(C)(O)CNC(=O)C1CNC(=O)CN1. The predicted octanol–water partition coefficient (Wildman–Crippen LogP) is -1.65. The quantitative estimate of drug-likeness (QED) is 0.465. The molecule has 0 aliphatic carbocycles. The van der Waals surface area contributed by atoms with Gasteiger partial charge in [0.15, 0.2) is 0 Å².